The van der Waals surface area contributed by atoms with Crippen LogP contribution in [-0.4, -0.2) is 16.3 Å². The predicted octanol–water partition coefficient (Wildman–Crippen LogP) is 0.886. The van der Waals surface area contributed by atoms with Crippen LogP contribution in [-0.2, 0) is 0 Å². The van der Waals surface area contributed by atoms with Crippen molar-refractivity contribution in [1.29, 1.82) is 0 Å². The molecule has 0 amide bonds. The highest BCUT2D eigenvalue weighted by Gasteiger charge is 1.98. The fourth-order valence-electron chi connectivity index (χ4n) is 0.568. The molecule has 0 aliphatic carbocycles. The molecular weight excluding hydrogens is 148 g/mol. The van der Waals surface area contributed by atoms with E-state index in [2.05, 4.69) is 22.6 Å². The lowest BCUT2D eigenvalue weighted by molar-refractivity contribution is 0.111. The smallest absolute Gasteiger partial charge is 0.169 e. The van der Waals surface area contributed by atoms with Gasteiger partial charge in [-0.15, -0.1) is 12.6 Å². The van der Waals surface area contributed by atoms with E-state index in [1.54, 1.807) is 6.92 Å². The van der Waals surface area contributed by atoms with Crippen molar-refractivity contribution in [3.05, 3.63) is 17.7 Å². The first-order valence-electron chi connectivity index (χ1n) is 2.72. The fourth-order valence-corrected chi connectivity index (χ4v) is 0.728. The molecule has 1 aromatic rings. The van der Waals surface area contributed by atoms with Crippen LogP contribution in [0.1, 0.15) is 16.3 Å². The zero-order chi connectivity index (χ0) is 7.56. The van der Waals surface area contributed by atoms with Gasteiger partial charge in [-0.1, -0.05) is 0 Å². The van der Waals surface area contributed by atoms with Crippen molar-refractivity contribution >= 4 is 18.9 Å². The predicted molar refractivity (Wildman–Crippen MR) is 39.4 cm³/mol. The molecule has 0 bridgehead atoms. The van der Waals surface area contributed by atoms with Crippen molar-refractivity contribution in [1.82, 2.24) is 9.97 Å². The van der Waals surface area contributed by atoms with Crippen LogP contribution in [0.4, 0.5) is 0 Å². The molecule has 10 heavy (non-hydrogen) atoms. The van der Waals surface area contributed by atoms with Crippen LogP contribution in [0.5, 0.6) is 0 Å². The minimum absolute atomic E-state index is 0.343. The third kappa shape index (κ3) is 1.33. The molecule has 0 N–H and O–H groups in total. The number of aldehydes is 1. The number of hydrogen-bond acceptors (Lipinski definition) is 4. The van der Waals surface area contributed by atoms with E-state index in [1.165, 1.54) is 6.20 Å². The molecule has 3 nitrogen and oxygen atoms in total. The highest BCUT2D eigenvalue weighted by atomic mass is 32.1. The summed E-state index contributed by atoms with van der Waals surface area (Å²) in [6, 6.07) is 0. The van der Waals surface area contributed by atoms with E-state index in [0.717, 1.165) is 0 Å². The molecule has 0 spiro atoms. The SMILES string of the molecule is Cc1ncc(S)c(C=O)n1. The minimum Gasteiger partial charge on any atom is -0.296 e. The number of carbonyl (C=O) groups is 1. The zero-order valence-corrected chi connectivity index (χ0v) is 6.30. The molecular formula is C6H6N2OS. The average Bonchev–Trinajstić information content (AvgIpc) is 1.94. The van der Waals surface area contributed by atoms with E-state index < -0.39 is 0 Å². The third-order valence-electron chi connectivity index (χ3n) is 1.03. The molecule has 0 aromatic carbocycles. The van der Waals surface area contributed by atoms with Crippen molar-refractivity contribution < 1.29 is 4.79 Å². The van der Waals surface area contributed by atoms with Gasteiger partial charge in [-0.3, -0.25) is 4.79 Å². The Bertz CT molecular complexity index is 262. The van der Waals surface area contributed by atoms with E-state index in [0.29, 0.717) is 22.7 Å². The monoisotopic (exact) mass is 154 g/mol. The molecule has 4 heteroatoms. The van der Waals surface area contributed by atoms with Gasteiger partial charge in [0.05, 0.1) is 4.90 Å². The Morgan fingerprint density at radius 3 is 2.90 bits per heavy atom. The van der Waals surface area contributed by atoms with Crippen molar-refractivity contribution in [2.24, 2.45) is 0 Å². The Labute approximate surface area is 63.9 Å². The highest BCUT2D eigenvalue weighted by molar-refractivity contribution is 7.80. The van der Waals surface area contributed by atoms with Gasteiger partial charge < -0.3 is 0 Å². The van der Waals surface area contributed by atoms with Gasteiger partial charge in [0.25, 0.3) is 0 Å². The highest BCUT2D eigenvalue weighted by Crippen LogP contribution is 2.06. The molecule has 0 aliphatic heterocycles. The van der Waals surface area contributed by atoms with Crippen LogP contribution in [0.15, 0.2) is 11.1 Å². The van der Waals surface area contributed by atoms with E-state index in [9.17, 15) is 4.79 Å². The lowest BCUT2D eigenvalue weighted by Gasteiger charge is -1.94. The summed E-state index contributed by atoms with van der Waals surface area (Å²) >= 11 is 3.97. The Morgan fingerprint density at radius 1 is 1.70 bits per heavy atom. The summed E-state index contributed by atoms with van der Waals surface area (Å²) < 4.78 is 0. The summed E-state index contributed by atoms with van der Waals surface area (Å²) in [4.78, 5) is 18.4. The Balaban J connectivity index is 3.21. The molecule has 1 aromatic heterocycles. The Morgan fingerprint density at radius 2 is 2.40 bits per heavy atom. The Kier molecular flexibility index (Phi) is 2.01. The zero-order valence-electron chi connectivity index (χ0n) is 5.40. The van der Waals surface area contributed by atoms with Gasteiger partial charge in [-0.2, -0.15) is 0 Å². The second kappa shape index (κ2) is 2.79. The van der Waals surface area contributed by atoms with Crippen molar-refractivity contribution in [3.8, 4) is 0 Å². The second-order valence-electron chi connectivity index (χ2n) is 1.81. The van der Waals surface area contributed by atoms with Gasteiger partial charge in [0, 0.05) is 6.20 Å². The molecule has 0 unspecified atom stereocenters. The van der Waals surface area contributed by atoms with E-state index in [1.807, 2.05) is 0 Å². The van der Waals surface area contributed by atoms with Crippen LogP contribution in [0, 0.1) is 6.92 Å². The number of rotatable bonds is 1. The number of nitrogens with zero attached hydrogens (tertiary/aromatic N) is 2. The number of thiol groups is 1. The lowest BCUT2D eigenvalue weighted by atomic mass is 10.4. The van der Waals surface area contributed by atoms with Gasteiger partial charge >= 0.3 is 0 Å². The molecule has 1 rings (SSSR count). The normalized spacial score (nSPS) is 9.40. The lowest BCUT2D eigenvalue weighted by Crippen LogP contribution is -1.94. The van der Waals surface area contributed by atoms with Crippen LogP contribution < -0.4 is 0 Å². The summed E-state index contributed by atoms with van der Waals surface area (Å²) in [5, 5.41) is 0. The van der Waals surface area contributed by atoms with E-state index in [-0.39, 0.29) is 0 Å². The summed E-state index contributed by atoms with van der Waals surface area (Å²) in [5.41, 5.74) is 0.343. The van der Waals surface area contributed by atoms with Gasteiger partial charge in [-0.25, -0.2) is 9.97 Å². The minimum atomic E-state index is 0.343. The maximum Gasteiger partial charge on any atom is 0.169 e. The van der Waals surface area contributed by atoms with Crippen LogP contribution in [0.25, 0.3) is 0 Å². The van der Waals surface area contributed by atoms with E-state index in [4.69, 9.17) is 0 Å². The maximum atomic E-state index is 10.2. The quantitative estimate of drug-likeness (QED) is 0.482. The van der Waals surface area contributed by atoms with Gasteiger partial charge in [0.15, 0.2) is 6.29 Å². The molecule has 52 valence electrons. The number of aromatic nitrogens is 2. The second-order valence-corrected chi connectivity index (χ2v) is 2.29. The molecule has 0 saturated heterocycles. The number of hydrogen-bond donors (Lipinski definition) is 1. The van der Waals surface area contributed by atoms with Crippen molar-refractivity contribution in [2.75, 3.05) is 0 Å². The van der Waals surface area contributed by atoms with Crippen molar-refractivity contribution in [2.45, 2.75) is 11.8 Å². The molecule has 1 heterocycles. The summed E-state index contributed by atoms with van der Waals surface area (Å²) in [5.74, 6) is 0.583. The van der Waals surface area contributed by atoms with Gasteiger partial charge in [0.1, 0.15) is 11.5 Å². The van der Waals surface area contributed by atoms with Gasteiger partial charge in [-0.05, 0) is 6.92 Å². The van der Waals surface area contributed by atoms with Crippen molar-refractivity contribution in [3.63, 3.8) is 0 Å². The fraction of sp³-hybridized carbons (Fsp3) is 0.167. The molecule has 0 saturated carbocycles. The molecule has 0 radical (unpaired) electrons. The number of carbonyl (C=O) groups excluding carboxylic acids is 1. The largest absolute Gasteiger partial charge is 0.296 e. The number of aryl methyl sites for hydroxylation is 1. The molecule has 0 atom stereocenters. The first kappa shape index (κ1) is 7.21. The first-order valence-corrected chi connectivity index (χ1v) is 3.16. The van der Waals surface area contributed by atoms with E-state index >= 15 is 0 Å². The topological polar surface area (TPSA) is 42.9 Å². The summed E-state index contributed by atoms with van der Waals surface area (Å²) in [7, 11) is 0. The standard InChI is InChI=1S/C6H6N2OS/c1-4-7-2-6(10)5(3-9)8-4/h2-3,10H,1H3. The van der Waals surface area contributed by atoms with Crippen LogP contribution >= 0.6 is 12.6 Å². The van der Waals surface area contributed by atoms with Gasteiger partial charge in [0.2, 0.25) is 0 Å². The maximum absolute atomic E-state index is 10.2. The average molecular weight is 154 g/mol. The summed E-state index contributed by atoms with van der Waals surface area (Å²) in [6.07, 6.45) is 2.17. The first-order chi connectivity index (χ1) is 4.74. The van der Waals surface area contributed by atoms with Crippen LogP contribution in [0.2, 0.25) is 0 Å². The molecule has 0 aliphatic rings. The summed E-state index contributed by atoms with van der Waals surface area (Å²) in [6.45, 7) is 1.72. The third-order valence-corrected chi connectivity index (χ3v) is 1.37. The Hall–Kier alpha value is -0.900. The molecule has 0 fully saturated rings. The van der Waals surface area contributed by atoms with Crippen LogP contribution in [0.3, 0.4) is 0 Å².